The minimum Gasteiger partial charge on any atom is -0.478 e. The van der Waals surface area contributed by atoms with Crippen LogP contribution < -0.4 is 4.74 Å². The minimum atomic E-state index is 0. The number of aryl methyl sites for hydroxylation is 1. The molecular formula is C14H21NO3Y. The van der Waals surface area contributed by atoms with Gasteiger partial charge in [0.1, 0.15) is 12.5 Å². The molecule has 0 bridgehead atoms. The molecule has 0 aromatic heterocycles. The Balaban J connectivity index is 0.00000180. The number of aliphatic hydroxyl groups excluding tert-OH is 1. The van der Waals surface area contributed by atoms with Crippen LogP contribution in [0.5, 0.6) is 5.75 Å². The van der Waals surface area contributed by atoms with Gasteiger partial charge in [0.15, 0.2) is 0 Å². The van der Waals surface area contributed by atoms with E-state index in [1.165, 1.54) is 11.1 Å². The average molecular weight is 340 g/mol. The molecular weight excluding hydrogens is 319 g/mol. The van der Waals surface area contributed by atoms with E-state index in [0.29, 0.717) is 19.9 Å². The Labute approximate surface area is 140 Å². The summed E-state index contributed by atoms with van der Waals surface area (Å²) in [6, 6.07) is 6.31. The van der Waals surface area contributed by atoms with Crippen LogP contribution in [0.4, 0.5) is 0 Å². The van der Waals surface area contributed by atoms with Gasteiger partial charge < -0.3 is 14.6 Å². The van der Waals surface area contributed by atoms with Crippen LogP contribution in [0.15, 0.2) is 18.2 Å². The number of aliphatic hydroxyl groups is 1. The topological polar surface area (TPSA) is 41.9 Å². The molecule has 1 radical (unpaired) electrons. The Kier molecular flexibility index (Phi) is 8.11. The van der Waals surface area contributed by atoms with Crippen LogP contribution in [-0.2, 0) is 44.0 Å². The van der Waals surface area contributed by atoms with Gasteiger partial charge in [-0.15, -0.1) is 0 Å². The molecule has 0 spiro atoms. The normalized spacial score (nSPS) is 14.4. The summed E-state index contributed by atoms with van der Waals surface area (Å²) in [5.41, 5.74) is 2.53. The second kappa shape index (κ2) is 9.03. The fourth-order valence-corrected chi connectivity index (χ4v) is 2.12. The second-order valence-corrected chi connectivity index (χ2v) is 4.63. The summed E-state index contributed by atoms with van der Waals surface area (Å²) in [5, 5.41) is 8.59. The molecule has 5 heteroatoms. The van der Waals surface area contributed by atoms with Gasteiger partial charge in [-0.1, -0.05) is 17.7 Å². The van der Waals surface area contributed by atoms with Crippen LogP contribution >= 0.6 is 0 Å². The quantitative estimate of drug-likeness (QED) is 0.798. The Morgan fingerprint density at radius 2 is 2.21 bits per heavy atom. The maximum absolute atomic E-state index is 8.59. The van der Waals surface area contributed by atoms with Crippen LogP contribution in [-0.4, -0.2) is 43.1 Å². The Hall–Kier alpha value is 0.00390. The van der Waals surface area contributed by atoms with Crippen LogP contribution in [0.2, 0.25) is 0 Å². The van der Waals surface area contributed by atoms with Crippen molar-refractivity contribution in [3.63, 3.8) is 0 Å². The van der Waals surface area contributed by atoms with Gasteiger partial charge in [0.2, 0.25) is 0 Å². The maximum Gasteiger partial charge on any atom is 0.142 e. The van der Waals surface area contributed by atoms with Crippen LogP contribution in [0, 0.1) is 6.92 Å². The molecule has 1 aromatic rings. The van der Waals surface area contributed by atoms with Gasteiger partial charge in [0.05, 0.1) is 13.2 Å². The summed E-state index contributed by atoms with van der Waals surface area (Å²) < 4.78 is 11.0. The van der Waals surface area contributed by atoms with Crippen LogP contribution in [0.3, 0.4) is 0 Å². The molecule has 1 aliphatic heterocycles. The van der Waals surface area contributed by atoms with Crippen LogP contribution in [0.1, 0.15) is 17.5 Å². The summed E-state index contributed by atoms with van der Waals surface area (Å²) in [6.07, 6.45) is 0.963. The summed E-state index contributed by atoms with van der Waals surface area (Å²) in [4.78, 5) is 2.27. The van der Waals surface area contributed by atoms with E-state index in [1.807, 2.05) is 6.07 Å². The predicted octanol–water partition coefficient (Wildman–Crippen LogP) is 1.54. The van der Waals surface area contributed by atoms with E-state index in [4.69, 9.17) is 14.6 Å². The van der Waals surface area contributed by atoms with E-state index >= 15 is 0 Å². The van der Waals surface area contributed by atoms with Gasteiger partial charge in [-0.25, -0.2) is 0 Å². The number of fused-ring (bicyclic) bond motifs is 1. The largest absolute Gasteiger partial charge is 0.478 e. The van der Waals surface area contributed by atoms with Gasteiger partial charge in [-0.2, -0.15) is 0 Å². The van der Waals surface area contributed by atoms with Crippen molar-refractivity contribution in [3.8, 4) is 5.75 Å². The molecule has 1 aromatic carbocycles. The molecule has 0 aliphatic carbocycles. The molecule has 0 atom stereocenters. The first kappa shape index (κ1) is 17.1. The number of hydrogen-bond donors (Lipinski definition) is 1. The molecule has 0 saturated carbocycles. The third-order valence-electron chi connectivity index (χ3n) is 3.01. The van der Waals surface area contributed by atoms with Crippen molar-refractivity contribution in [2.24, 2.45) is 0 Å². The smallest absolute Gasteiger partial charge is 0.142 e. The SMILES string of the molecule is Cc1ccc2c(c1)CN(CCCOCCO)CO2.[Y]. The van der Waals surface area contributed by atoms with Crippen molar-refractivity contribution in [1.82, 2.24) is 4.90 Å². The first-order valence-corrected chi connectivity index (χ1v) is 6.43. The van der Waals surface area contributed by atoms with E-state index in [1.54, 1.807) is 0 Å². The average Bonchev–Trinajstić information content (AvgIpc) is 2.38. The zero-order valence-electron chi connectivity index (χ0n) is 11.5. The molecule has 4 nitrogen and oxygen atoms in total. The van der Waals surface area contributed by atoms with Crippen molar-refractivity contribution < 1.29 is 47.3 Å². The Morgan fingerprint density at radius 1 is 1.37 bits per heavy atom. The Morgan fingerprint density at radius 3 is 3.00 bits per heavy atom. The molecule has 1 heterocycles. The molecule has 0 saturated heterocycles. The third-order valence-corrected chi connectivity index (χ3v) is 3.01. The summed E-state index contributed by atoms with van der Waals surface area (Å²) in [7, 11) is 0. The molecule has 0 amide bonds. The molecule has 1 aliphatic rings. The number of ether oxygens (including phenoxy) is 2. The number of hydrogen-bond acceptors (Lipinski definition) is 4. The van der Waals surface area contributed by atoms with Crippen LogP contribution in [0.25, 0.3) is 0 Å². The summed E-state index contributed by atoms with van der Waals surface area (Å²) in [6.45, 7) is 5.86. The molecule has 2 rings (SSSR count). The number of benzene rings is 1. The molecule has 0 fully saturated rings. The van der Waals surface area contributed by atoms with Gasteiger partial charge in [0, 0.05) is 58.0 Å². The Bertz CT molecular complexity index is 387. The summed E-state index contributed by atoms with van der Waals surface area (Å²) in [5.74, 6) is 1.01. The fourth-order valence-electron chi connectivity index (χ4n) is 2.12. The van der Waals surface area contributed by atoms with Crippen molar-refractivity contribution in [3.05, 3.63) is 29.3 Å². The van der Waals surface area contributed by atoms with Crippen molar-refractivity contribution in [2.45, 2.75) is 19.9 Å². The molecule has 1 N–H and O–H groups in total. The van der Waals surface area contributed by atoms with Gasteiger partial charge in [-0.05, 0) is 19.4 Å². The standard InChI is InChI=1S/C14H21NO3.Y/c1-12-3-4-14-13(9-12)10-15(11-18-14)5-2-7-17-8-6-16;/h3-4,9,16H,2,5-8,10-11H2,1H3;. The van der Waals surface area contributed by atoms with E-state index in [2.05, 4.69) is 24.0 Å². The second-order valence-electron chi connectivity index (χ2n) is 4.63. The van der Waals surface area contributed by atoms with E-state index in [9.17, 15) is 0 Å². The maximum atomic E-state index is 8.59. The molecule has 19 heavy (non-hydrogen) atoms. The van der Waals surface area contributed by atoms with Crippen molar-refractivity contribution >= 4 is 0 Å². The van der Waals surface area contributed by atoms with Gasteiger partial charge in [0.25, 0.3) is 0 Å². The van der Waals surface area contributed by atoms with Crippen molar-refractivity contribution in [1.29, 1.82) is 0 Å². The van der Waals surface area contributed by atoms with E-state index in [0.717, 1.165) is 25.3 Å². The fraction of sp³-hybridized carbons (Fsp3) is 0.571. The van der Waals surface area contributed by atoms with Gasteiger partial charge in [-0.3, -0.25) is 4.90 Å². The van der Waals surface area contributed by atoms with E-state index in [-0.39, 0.29) is 39.3 Å². The van der Waals surface area contributed by atoms with E-state index < -0.39 is 0 Å². The first-order chi connectivity index (χ1) is 8.79. The summed E-state index contributed by atoms with van der Waals surface area (Å²) >= 11 is 0. The third kappa shape index (κ3) is 5.48. The zero-order valence-corrected chi connectivity index (χ0v) is 14.3. The minimum absolute atomic E-state index is 0. The molecule has 103 valence electrons. The number of rotatable bonds is 6. The van der Waals surface area contributed by atoms with Crippen molar-refractivity contribution in [2.75, 3.05) is 33.1 Å². The van der Waals surface area contributed by atoms with Gasteiger partial charge >= 0.3 is 0 Å². The zero-order chi connectivity index (χ0) is 12.8. The molecule has 0 unspecified atom stereocenters. The monoisotopic (exact) mass is 340 g/mol. The first-order valence-electron chi connectivity index (χ1n) is 6.43. The predicted molar refractivity (Wildman–Crippen MR) is 69.6 cm³/mol. The number of nitrogens with zero attached hydrogens (tertiary/aromatic N) is 1.